The number of imide groups is 1. The molecule has 1 aliphatic carbocycles. The van der Waals surface area contributed by atoms with Gasteiger partial charge in [-0.3, -0.25) is 67.2 Å². The second-order valence-corrected chi connectivity index (χ2v) is 25.8. The van der Waals surface area contributed by atoms with Crippen molar-refractivity contribution in [2.45, 2.75) is 165 Å². The van der Waals surface area contributed by atoms with E-state index in [0.717, 1.165) is 29.5 Å². The monoisotopic (exact) mass is 1220 g/mol. The maximum absolute atomic E-state index is 14.9. The number of carbonyl (C=O) groups is 13. The minimum Gasteiger partial charge on any atom is -0.481 e. The number of nitrogens with one attached hydrogen (secondary N) is 7. The number of carboxylic acid groups (broad SMARTS) is 1. The van der Waals surface area contributed by atoms with Gasteiger partial charge in [-0.05, 0) is 85.3 Å². The fraction of sp³-hybridized carbons (Fsp3) is 0.644. The van der Waals surface area contributed by atoms with E-state index in [2.05, 4.69) is 36.9 Å². The Balaban J connectivity index is 1.19. The number of aliphatic hydroxyl groups excluding tert-OH is 1. The first-order valence-electron chi connectivity index (χ1n) is 29.6. The van der Waals surface area contributed by atoms with Crippen LogP contribution in [0.15, 0.2) is 23.2 Å². The zero-order chi connectivity index (χ0) is 61.8. The number of carboxylic acids is 1. The van der Waals surface area contributed by atoms with Crippen molar-refractivity contribution in [3.63, 3.8) is 0 Å². The number of aromatic nitrogens is 1. The predicted molar refractivity (Wildman–Crippen MR) is 313 cm³/mol. The number of aliphatic hydroxyl groups is 1. The normalized spacial score (nSPS) is 27.9. The second kappa shape index (κ2) is 30.1. The molecule has 2 bridgehead atoms. The highest BCUT2D eigenvalue weighted by atomic mass is 32.2. The zero-order valence-corrected chi connectivity index (χ0v) is 50.6. The van der Waals surface area contributed by atoms with Gasteiger partial charge >= 0.3 is 5.97 Å². The average molecular weight is 1220 g/mol. The molecule has 5 heterocycles. The first-order chi connectivity index (χ1) is 40.5. The molecule has 5 aliphatic rings. The van der Waals surface area contributed by atoms with E-state index in [4.69, 9.17) is 0 Å². The molecule has 85 heavy (non-hydrogen) atoms. The first kappa shape index (κ1) is 65.9. The number of aromatic amines is 1. The lowest BCUT2D eigenvalue weighted by atomic mass is 9.81. The van der Waals surface area contributed by atoms with E-state index in [-0.39, 0.29) is 79.7 Å². The number of benzene rings is 1. The van der Waals surface area contributed by atoms with Gasteiger partial charge in [0.1, 0.15) is 17.9 Å². The predicted octanol–water partition coefficient (Wildman–Crippen LogP) is 1.50. The Morgan fingerprint density at radius 1 is 0.800 bits per heavy atom. The Hall–Kier alpha value is -6.67. The number of Topliss-reactive ketones (excluding diaryl/α,β-unsaturated/α-hetero) is 3. The Kier molecular flexibility index (Phi) is 23.3. The second-order valence-electron chi connectivity index (χ2n) is 23.5. The Labute approximate surface area is 502 Å². The molecule has 1 aromatic heterocycles. The number of rotatable bonds is 16. The van der Waals surface area contributed by atoms with Gasteiger partial charge in [-0.15, -0.1) is 23.5 Å². The molecular formula is C59H81N9O15S2. The van der Waals surface area contributed by atoms with Crippen LogP contribution in [-0.4, -0.2) is 182 Å². The van der Waals surface area contributed by atoms with E-state index in [1.54, 1.807) is 52.9 Å². The van der Waals surface area contributed by atoms with Gasteiger partial charge < -0.3 is 52.0 Å². The molecule has 10 atom stereocenters. The third kappa shape index (κ3) is 17.1. The smallest absolute Gasteiger partial charge is 0.304 e. The van der Waals surface area contributed by atoms with Gasteiger partial charge in [0.2, 0.25) is 53.2 Å². The number of carbonyl (C=O) groups excluding carboxylic acids is 12. The molecule has 7 rings (SSSR count). The van der Waals surface area contributed by atoms with Gasteiger partial charge in [0.05, 0.1) is 53.9 Å². The summed E-state index contributed by atoms with van der Waals surface area (Å²) in [6.45, 7) is 5.66. The number of nitrogens with zero attached hydrogens (tertiary/aromatic N) is 2. The van der Waals surface area contributed by atoms with Crippen molar-refractivity contribution >= 4 is 111 Å². The molecule has 1 aromatic carbocycles. The number of hydrogen-bond acceptors (Lipinski definition) is 16. The highest BCUT2D eigenvalue weighted by Crippen LogP contribution is 2.36. The number of likely N-dealkylation sites (tertiary alicyclic amines) is 1. The lowest BCUT2D eigenvalue weighted by Gasteiger charge is -2.31. The summed E-state index contributed by atoms with van der Waals surface area (Å²) in [4.78, 5) is 184. The average Bonchev–Trinajstić information content (AvgIpc) is 2.48. The van der Waals surface area contributed by atoms with Crippen molar-refractivity contribution in [1.29, 1.82) is 0 Å². The number of H-pyrrole nitrogens is 1. The van der Waals surface area contributed by atoms with Crippen LogP contribution in [0.2, 0.25) is 0 Å². The fourth-order valence-electron chi connectivity index (χ4n) is 12.0. The molecule has 26 heteroatoms. The molecular weight excluding hydrogens is 1140 g/mol. The molecule has 464 valence electrons. The summed E-state index contributed by atoms with van der Waals surface area (Å²) in [7, 11) is 1.61. The van der Waals surface area contributed by atoms with Crippen molar-refractivity contribution in [2.75, 3.05) is 44.7 Å². The maximum Gasteiger partial charge on any atom is 0.304 e. The van der Waals surface area contributed by atoms with Gasteiger partial charge in [-0.25, -0.2) is 0 Å². The SMILES string of the molecule is CCC(C)[C@@H]1NC(=O)[C@@H]2C[C@@H](O)CN2C(=O)[C@H](CC(=O)O)CC(=O)[C@@H]2CSc3[nH]c4ccc(CC(=O)CCCSC5CC(=O)N(CC6CCC(C(=O)NC)CC6)C5=O)cc4c3C[C@H](CC1=O)C(=O)NCC(=O)N[C@@H]([C@@H](C)CC)C(=O)NCC(=O)N2. The number of hydrogen-bond donors (Lipinski definition) is 9. The van der Waals surface area contributed by atoms with E-state index in [9.17, 15) is 72.5 Å². The van der Waals surface area contributed by atoms with Gasteiger partial charge in [0.15, 0.2) is 11.6 Å². The quantitative estimate of drug-likeness (QED) is 0.0849. The molecule has 0 spiro atoms. The first-order valence-corrected chi connectivity index (χ1v) is 31.7. The summed E-state index contributed by atoms with van der Waals surface area (Å²) in [6.07, 6.45) is 0.548. The molecule has 0 radical (unpaired) electrons. The maximum atomic E-state index is 14.9. The number of fused-ring (bicyclic) bond motifs is 5. The topological polar surface area (TPSA) is 357 Å². The van der Waals surface area contributed by atoms with Crippen LogP contribution >= 0.6 is 23.5 Å². The number of thioether (sulfide) groups is 2. The summed E-state index contributed by atoms with van der Waals surface area (Å²) >= 11 is 2.40. The molecule has 24 nitrogen and oxygen atoms in total. The van der Waals surface area contributed by atoms with Crippen molar-refractivity contribution in [2.24, 2.45) is 35.5 Å². The summed E-state index contributed by atoms with van der Waals surface area (Å²) in [6, 6.07) is 0.00333. The summed E-state index contributed by atoms with van der Waals surface area (Å²) in [5.41, 5.74) is 1.58. The van der Waals surface area contributed by atoms with Gasteiger partial charge in [-0.1, -0.05) is 46.6 Å². The summed E-state index contributed by atoms with van der Waals surface area (Å²) in [5.74, 6) is -11.7. The van der Waals surface area contributed by atoms with Crippen LogP contribution in [0.3, 0.4) is 0 Å². The van der Waals surface area contributed by atoms with Gasteiger partial charge in [0.25, 0.3) is 0 Å². The van der Waals surface area contributed by atoms with Crippen LogP contribution in [-0.2, 0) is 75.2 Å². The van der Waals surface area contributed by atoms with E-state index < -0.39 is 145 Å². The van der Waals surface area contributed by atoms with Crippen LogP contribution in [0.25, 0.3) is 10.9 Å². The van der Waals surface area contributed by atoms with E-state index in [1.165, 1.54) is 16.7 Å². The molecule has 2 aromatic rings. The molecule has 4 aliphatic heterocycles. The highest BCUT2D eigenvalue weighted by Gasteiger charge is 2.45. The van der Waals surface area contributed by atoms with E-state index >= 15 is 0 Å². The lowest BCUT2D eigenvalue weighted by Crippen LogP contribution is -2.55. The molecule has 9 N–H and O–H groups in total. The Morgan fingerprint density at radius 3 is 2.16 bits per heavy atom. The molecule has 9 amide bonds. The van der Waals surface area contributed by atoms with Crippen molar-refractivity contribution in [3.05, 3.63) is 29.3 Å². The van der Waals surface area contributed by atoms with Gasteiger partial charge in [0, 0.05) is 87.2 Å². The summed E-state index contributed by atoms with van der Waals surface area (Å²) in [5, 5.41) is 37.2. The lowest BCUT2D eigenvalue weighted by molar-refractivity contribution is -0.148. The summed E-state index contributed by atoms with van der Waals surface area (Å²) < 4.78 is 0. The van der Waals surface area contributed by atoms with Crippen LogP contribution < -0.4 is 31.9 Å². The van der Waals surface area contributed by atoms with Crippen LogP contribution in [0.1, 0.15) is 122 Å². The Morgan fingerprint density at radius 2 is 1.48 bits per heavy atom. The van der Waals surface area contributed by atoms with Gasteiger partial charge in [-0.2, -0.15) is 0 Å². The van der Waals surface area contributed by atoms with Crippen molar-refractivity contribution in [1.82, 2.24) is 46.7 Å². The number of amides is 9. The standard InChI is InChI=1S/C59H81N9O15S2/c1-6-30(3)51-45(72)20-35-19-40-39-18-33(17-37(69)9-8-16-84-46-24-49(75)68(59(46)83)27-32-10-13-34(14-11-32)53(78)60-5)12-15-41(39)64-57(40)85-29-42(63-47(73)25-62-56(81)52(31(4)7-2)65-48(74)26-61-54(35)79)44(71)21-36(22-50(76)77)58(82)67-28-38(70)23-43(67)55(80)66-51/h12,15,18,30-32,34-36,38,42-43,46,51-52,64,70H,6-11,13-14,16-17,19-29H2,1-5H3,(H,60,78)(H,61,79)(H,62,81)(H,63,73)(H,65,74)(H,66,80)(H,76,77)/t30?,31-,32?,34?,35+,36-,38+,42-,43-,46?,51-,52-/m0/s1. The van der Waals surface area contributed by atoms with Crippen LogP contribution in [0.4, 0.5) is 0 Å². The fourth-order valence-corrected chi connectivity index (χ4v) is 14.3. The number of aliphatic carboxylic acids is 1. The highest BCUT2D eigenvalue weighted by molar-refractivity contribution is 8.00. The molecule has 2 saturated heterocycles. The number of ketones is 3. The molecule has 3 fully saturated rings. The van der Waals surface area contributed by atoms with Crippen molar-refractivity contribution < 1.29 is 72.5 Å². The van der Waals surface area contributed by atoms with E-state index in [1.807, 2.05) is 0 Å². The Bertz CT molecular complexity index is 2910. The minimum atomic E-state index is -1.58. The minimum absolute atomic E-state index is 0.00633. The third-order valence-electron chi connectivity index (χ3n) is 17.3. The van der Waals surface area contributed by atoms with Crippen molar-refractivity contribution in [3.8, 4) is 0 Å². The van der Waals surface area contributed by atoms with E-state index in [0.29, 0.717) is 71.5 Å². The largest absolute Gasteiger partial charge is 0.481 e. The molecule has 2 unspecified atom stereocenters. The van der Waals surface area contributed by atoms with Crippen LogP contribution in [0.5, 0.6) is 0 Å². The zero-order valence-electron chi connectivity index (χ0n) is 48.9. The van der Waals surface area contributed by atoms with Crippen LogP contribution in [0, 0.1) is 35.5 Å². The third-order valence-corrected chi connectivity index (χ3v) is 19.8. The molecule has 1 saturated carbocycles.